The van der Waals surface area contributed by atoms with Gasteiger partial charge in [-0.05, 0) is 50.5 Å². The third-order valence-corrected chi connectivity index (χ3v) is 4.22. The Labute approximate surface area is 158 Å². The number of rotatable bonds is 7. The lowest BCUT2D eigenvalue weighted by Crippen LogP contribution is -2.27. The van der Waals surface area contributed by atoms with Crippen LogP contribution in [0.3, 0.4) is 0 Å². The van der Waals surface area contributed by atoms with E-state index in [1.54, 1.807) is 29.2 Å². The summed E-state index contributed by atoms with van der Waals surface area (Å²) in [5.41, 5.74) is 1.95. The first-order valence-corrected chi connectivity index (χ1v) is 8.88. The van der Waals surface area contributed by atoms with Crippen LogP contribution in [0.1, 0.15) is 10.4 Å². The first-order chi connectivity index (χ1) is 13.0. The number of nitrogens with one attached hydrogen (secondary N) is 2. The zero-order chi connectivity index (χ0) is 19.2. The topological polar surface area (TPSA) is 73.9 Å². The van der Waals surface area contributed by atoms with Crippen molar-refractivity contribution < 1.29 is 14.3 Å². The number of carbonyl (C=O) groups excluding carboxylic acids is 2. The molecular formula is C20H24N4O3. The summed E-state index contributed by atoms with van der Waals surface area (Å²) in [4.78, 5) is 28.1. The number of hydrogen-bond acceptors (Lipinski definition) is 4. The standard InChI is InChI=1S/C20H24N4O3/c1-23(2)13-14-27-18-6-4-3-5-17(18)19(25)22-15-7-9-16(10-8-15)24-12-11-21-20(24)26/h3-10H,11-14H2,1-2H3,(H,21,26)(H,22,25). The number of urea groups is 1. The Morgan fingerprint density at radius 1 is 1.19 bits per heavy atom. The molecular weight excluding hydrogens is 344 g/mol. The van der Waals surface area contributed by atoms with Crippen molar-refractivity contribution in [2.75, 3.05) is 50.6 Å². The van der Waals surface area contributed by atoms with E-state index in [4.69, 9.17) is 4.74 Å². The fourth-order valence-corrected chi connectivity index (χ4v) is 2.76. The number of likely N-dealkylation sites (N-methyl/N-ethyl adjacent to an activating group) is 1. The maximum Gasteiger partial charge on any atom is 0.321 e. The van der Waals surface area contributed by atoms with Crippen molar-refractivity contribution in [2.24, 2.45) is 0 Å². The molecule has 3 rings (SSSR count). The summed E-state index contributed by atoms with van der Waals surface area (Å²) in [6, 6.07) is 14.3. The molecule has 2 aromatic carbocycles. The highest BCUT2D eigenvalue weighted by Crippen LogP contribution is 2.22. The average molecular weight is 368 g/mol. The Morgan fingerprint density at radius 2 is 1.93 bits per heavy atom. The number of amides is 3. The molecule has 3 amide bonds. The smallest absolute Gasteiger partial charge is 0.321 e. The van der Waals surface area contributed by atoms with Crippen molar-refractivity contribution in [2.45, 2.75) is 0 Å². The van der Waals surface area contributed by atoms with Crippen LogP contribution in [-0.4, -0.2) is 57.2 Å². The van der Waals surface area contributed by atoms with Crippen molar-refractivity contribution in [3.05, 3.63) is 54.1 Å². The van der Waals surface area contributed by atoms with E-state index in [-0.39, 0.29) is 11.9 Å². The van der Waals surface area contributed by atoms with Crippen molar-refractivity contribution in [1.82, 2.24) is 10.2 Å². The molecule has 7 heteroatoms. The summed E-state index contributed by atoms with van der Waals surface area (Å²) in [7, 11) is 3.94. The first-order valence-electron chi connectivity index (χ1n) is 8.88. The molecule has 27 heavy (non-hydrogen) atoms. The molecule has 0 saturated carbocycles. The quantitative estimate of drug-likeness (QED) is 0.787. The maximum atomic E-state index is 12.6. The minimum atomic E-state index is -0.234. The van der Waals surface area contributed by atoms with Gasteiger partial charge in [0.25, 0.3) is 5.91 Å². The van der Waals surface area contributed by atoms with Gasteiger partial charge in [0.05, 0.1) is 5.56 Å². The first kappa shape index (κ1) is 18.7. The number of nitrogens with zero attached hydrogens (tertiary/aromatic N) is 2. The summed E-state index contributed by atoms with van der Waals surface area (Å²) in [6.07, 6.45) is 0. The van der Waals surface area contributed by atoms with E-state index in [9.17, 15) is 9.59 Å². The van der Waals surface area contributed by atoms with Gasteiger partial charge in [0.2, 0.25) is 0 Å². The van der Waals surface area contributed by atoms with E-state index >= 15 is 0 Å². The molecule has 7 nitrogen and oxygen atoms in total. The number of hydrogen-bond donors (Lipinski definition) is 2. The molecule has 1 aliphatic rings. The molecule has 2 N–H and O–H groups in total. The zero-order valence-corrected chi connectivity index (χ0v) is 15.6. The number of carbonyl (C=O) groups is 2. The molecule has 0 spiro atoms. The van der Waals surface area contributed by atoms with E-state index in [0.29, 0.717) is 36.7 Å². The molecule has 0 atom stereocenters. The molecule has 0 bridgehead atoms. The summed E-state index contributed by atoms with van der Waals surface area (Å²) in [6.45, 7) is 2.55. The summed E-state index contributed by atoms with van der Waals surface area (Å²) in [5, 5.41) is 5.65. The van der Waals surface area contributed by atoms with E-state index in [1.807, 2.05) is 43.3 Å². The van der Waals surface area contributed by atoms with Gasteiger partial charge < -0.3 is 20.3 Å². The number of ether oxygens (including phenoxy) is 1. The highest BCUT2D eigenvalue weighted by atomic mass is 16.5. The van der Waals surface area contributed by atoms with Crippen LogP contribution in [0.15, 0.2) is 48.5 Å². The Kier molecular flexibility index (Phi) is 5.93. The van der Waals surface area contributed by atoms with Gasteiger partial charge >= 0.3 is 6.03 Å². The molecule has 142 valence electrons. The van der Waals surface area contributed by atoms with Gasteiger partial charge in [-0.25, -0.2) is 4.79 Å². The highest BCUT2D eigenvalue weighted by Gasteiger charge is 2.21. The van der Waals surface area contributed by atoms with Crippen LogP contribution in [0.2, 0.25) is 0 Å². The van der Waals surface area contributed by atoms with Gasteiger partial charge in [-0.3, -0.25) is 9.69 Å². The fourth-order valence-electron chi connectivity index (χ4n) is 2.76. The zero-order valence-electron chi connectivity index (χ0n) is 15.6. The predicted molar refractivity (Wildman–Crippen MR) is 106 cm³/mol. The average Bonchev–Trinajstić information content (AvgIpc) is 3.08. The Bertz CT molecular complexity index is 805. The van der Waals surface area contributed by atoms with Gasteiger partial charge in [0.15, 0.2) is 0 Å². The third-order valence-electron chi connectivity index (χ3n) is 4.22. The lowest BCUT2D eigenvalue weighted by molar-refractivity contribution is 0.102. The molecule has 1 aliphatic heterocycles. The normalized spacial score (nSPS) is 13.6. The number of benzene rings is 2. The van der Waals surface area contributed by atoms with Crippen molar-refractivity contribution in [3.63, 3.8) is 0 Å². The monoisotopic (exact) mass is 368 g/mol. The van der Waals surface area contributed by atoms with E-state index in [2.05, 4.69) is 10.6 Å². The van der Waals surface area contributed by atoms with Crippen LogP contribution in [-0.2, 0) is 0 Å². The summed E-state index contributed by atoms with van der Waals surface area (Å²) < 4.78 is 5.75. The van der Waals surface area contributed by atoms with Crippen LogP contribution in [0.25, 0.3) is 0 Å². The van der Waals surface area contributed by atoms with Crippen molar-refractivity contribution >= 4 is 23.3 Å². The SMILES string of the molecule is CN(C)CCOc1ccccc1C(=O)Nc1ccc(N2CCNC2=O)cc1. The maximum absolute atomic E-state index is 12.6. The lowest BCUT2D eigenvalue weighted by Gasteiger charge is -2.15. The highest BCUT2D eigenvalue weighted by molar-refractivity contribution is 6.06. The second kappa shape index (κ2) is 8.55. The van der Waals surface area contributed by atoms with Crippen molar-refractivity contribution in [3.8, 4) is 5.75 Å². The number of para-hydroxylation sites is 1. The summed E-state index contributed by atoms with van der Waals surface area (Å²) >= 11 is 0. The van der Waals surface area contributed by atoms with E-state index < -0.39 is 0 Å². The largest absolute Gasteiger partial charge is 0.491 e. The van der Waals surface area contributed by atoms with Crippen LogP contribution in [0.5, 0.6) is 5.75 Å². The van der Waals surface area contributed by atoms with Gasteiger partial charge in [-0.1, -0.05) is 12.1 Å². The van der Waals surface area contributed by atoms with E-state index in [0.717, 1.165) is 12.2 Å². The van der Waals surface area contributed by atoms with Crippen molar-refractivity contribution in [1.29, 1.82) is 0 Å². The van der Waals surface area contributed by atoms with Gasteiger partial charge in [0.1, 0.15) is 12.4 Å². The molecule has 0 radical (unpaired) electrons. The predicted octanol–water partition coefficient (Wildman–Crippen LogP) is 2.41. The molecule has 1 heterocycles. The number of anilines is 2. The third kappa shape index (κ3) is 4.77. The Morgan fingerprint density at radius 3 is 2.59 bits per heavy atom. The van der Waals surface area contributed by atoms with Crippen LogP contribution >= 0.6 is 0 Å². The molecule has 0 aliphatic carbocycles. The van der Waals surface area contributed by atoms with Gasteiger partial charge in [0, 0.05) is 31.0 Å². The minimum absolute atomic E-state index is 0.101. The molecule has 1 fully saturated rings. The fraction of sp³-hybridized carbons (Fsp3) is 0.300. The molecule has 0 aromatic heterocycles. The minimum Gasteiger partial charge on any atom is -0.491 e. The van der Waals surface area contributed by atoms with Crippen LogP contribution < -0.4 is 20.3 Å². The lowest BCUT2D eigenvalue weighted by atomic mass is 10.1. The van der Waals surface area contributed by atoms with E-state index in [1.165, 1.54) is 0 Å². The van der Waals surface area contributed by atoms with Gasteiger partial charge in [-0.2, -0.15) is 0 Å². The Balaban J connectivity index is 1.66. The van der Waals surface area contributed by atoms with Crippen LogP contribution in [0, 0.1) is 0 Å². The second-order valence-electron chi connectivity index (χ2n) is 6.53. The molecule has 2 aromatic rings. The summed E-state index contributed by atoms with van der Waals surface area (Å²) in [5.74, 6) is 0.323. The van der Waals surface area contributed by atoms with Gasteiger partial charge in [-0.15, -0.1) is 0 Å². The molecule has 1 saturated heterocycles. The Hall–Kier alpha value is -3.06. The van der Waals surface area contributed by atoms with Crippen LogP contribution in [0.4, 0.5) is 16.2 Å². The second-order valence-corrected chi connectivity index (χ2v) is 6.53. The molecule has 0 unspecified atom stereocenters.